The zero-order chi connectivity index (χ0) is 15.6. The normalized spacial score (nSPS) is 15.8. The molecule has 2 rings (SSSR count). The molecule has 0 amide bonds. The van der Waals surface area contributed by atoms with Gasteiger partial charge in [0.25, 0.3) is 5.56 Å². The standard InChI is InChI=1S/C15H19ClN2O2S/c1-10(21(3)20)8-9-18-14(11(2)16)17-13-7-5-4-6-12(13)15(18)19/h4-7,10-11H,8-9H2,1-3H3. The van der Waals surface area contributed by atoms with Crippen LogP contribution in [-0.2, 0) is 17.3 Å². The van der Waals surface area contributed by atoms with E-state index in [4.69, 9.17) is 11.6 Å². The zero-order valence-electron chi connectivity index (χ0n) is 12.4. The average molecular weight is 327 g/mol. The van der Waals surface area contributed by atoms with Gasteiger partial charge in [-0.3, -0.25) is 13.6 Å². The molecule has 0 saturated carbocycles. The number of benzene rings is 1. The first-order chi connectivity index (χ1) is 9.91. The predicted octanol–water partition coefficient (Wildman–Crippen LogP) is 2.85. The van der Waals surface area contributed by atoms with Gasteiger partial charge in [-0.2, -0.15) is 0 Å². The number of rotatable bonds is 5. The molecule has 1 aromatic heterocycles. The maximum absolute atomic E-state index is 12.6. The van der Waals surface area contributed by atoms with Crippen LogP contribution in [0.4, 0.5) is 0 Å². The average Bonchev–Trinajstić information content (AvgIpc) is 2.45. The van der Waals surface area contributed by atoms with E-state index in [0.717, 1.165) is 0 Å². The van der Waals surface area contributed by atoms with Crippen molar-refractivity contribution in [1.82, 2.24) is 9.55 Å². The molecule has 0 aliphatic carbocycles. The van der Waals surface area contributed by atoms with Gasteiger partial charge in [0.1, 0.15) is 5.82 Å². The van der Waals surface area contributed by atoms with Crippen LogP contribution in [0, 0.1) is 0 Å². The second-order valence-electron chi connectivity index (χ2n) is 5.16. The highest BCUT2D eigenvalue weighted by atomic mass is 35.5. The van der Waals surface area contributed by atoms with Gasteiger partial charge in [-0.15, -0.1) is 11.6 Å². The molecule has 0 spiro atoms. The van der Waals surface area contributed by atoms with Crippen LogP contribution in [0.5, 0.6) is 0 Å². The summed E-state index contributed by atoms with van der Waals surface area (Å²) in [7, 11) is -0.904. The molecule has 0 aliphatic heterocycles. The van der Waals surface area contributed by atoms with Crippen LogP contribution < -0.4 is 5.56 Å². The summed E-state index contributed by atoms with van der Waals surface area (Å²) < 4.78 is 13.1. The van der Waals surface area contributed by atoms with Crippen molar-refractivity contribution >= 4 is 33.3 Å². The Labute approximate surface area is 131 Å². The van der Waals surface area contributed by atoms with E-state index in [0.29, 0.717) is 29.7 Å². The van der Waals surface area contributed by atoms with Crippen molar-refractivity contribution in [2.75, 3.05) is 6.26 Å². The summed E-state index contributed by atoms with van der Waals surface area (Å²) in [6.07, 6.45) is 2.33. The largest absolute Gasteiger partial charge is 0.295 e. The highest BCUT2D eigenvalue weighted by Gasteiger charge is 2.16. The summed E-state index contributed by atoms with van der Waals surface area (Å²) in [4.78, 5) is 17.1. The monoisotopic (exact) mass is 326 g/mol. The van der Waals surface area contributed by atoms with Crippen molar-refractivity contribution in [3.8, 4) is 0 Å². The molecule has 6 heteroatoms. The van der Waals surface area contributed by atoms with Crippen LogP contribution in [0.2, 0.25) is 0 Å². The number of nitrogens with zero attached hydrogens (tertiary/aromatic N) is 2. The first-order valence-electron chi connectivity index (χ1n) is 6.87. The first kappa shape index (κ1) is 16.2. The minimum absolute atomic E-state index is 0.0295. The Morgan fingerprint density at radius 2 is 2.00 bits per heavy atom. The highest BCUT2D eigenvalue weighted by Crippen LogP contribution is 2.19. The van der Waals surface area contributed by atoms with Gasteiger partial charge in [-0.05, 0) is 25.5 Å². The van der Waals surface area contributed by atoms with Crippen molar-refractivity contribution in [3.63, 3.8) is 0 Å². The van der Waals surface area contributed by atoms with E-state index < -0.39 is 10.8 Å². The van der Waals surface area contributed by atoms with Crippen LogP contribution in [0.25, 0.3) is 10.9 Å². The van der Waals surface area contributed by atoms with Crippen molar-refractivity contribution in [2.24, 2.45) is 0 Å². The van der Waals surface area contributed by atoms with Crippen LogP contribution in [-0.4, -0.2) is 25.3 Å². The third kappa shape index (κ3) is 3.52. The SMILES string of the molecule is CC(Cl)c1nc2ccccc2c(=O)n1CCC(C)S(C)=O. The maximum Gasteiger partial charge on any atom is 0.261 e. The Morgan fingerprint density at radius 1 is 1.33 bits per heavy atom. The predicted molar refractivity (Wildman–Crippen MR) is 88.4 cm³/mol. The zero-order valence-corrected chi connectivity index (χ0v) is 13.9. The van der Waals surface area contributed by atoms with E-state index in [-0.39, 0.29) is 16.2 Å². The second-order valence-corrected chi connectivity index (χ2v) is 7.61. The number of para-hydroxylation sites is 1. The molecule has 0 bridgehead atoms. The lowest BCUT2D eigenvalue weighted by Gasteiger charge is -2.16. The number of aromatic nitrogens is 2. The Kier molecular flexibility index (Phi) is 5.17. The molecule has 3 atom stereocenters. The third-order valence-corrected chi connectivity index (χ3v) is 5.14. The summed E-state index contributed by atoms with van der Waals surface area (Å²) in [5, 5.41) is 0.260. The Balaban J connectivity index is 2.49. The fraction of sp³-hybridized carbons (Fsp3) is 0.467. The number of hydrogen-bond donors (Lipinski definition) is 0. The minimum Gasteiger partial charge on any atom is -0.295 e. The first-order valence-corrected chi connectivity index (χ1v) is 8.93. The lowest BCUT2D eigenvalue weighted by molar-refractivity contribution is 0.574. The van der Waals surface area contributed by atoms with Crippen molar-refractivity contribution in [3.05, 3.63) is 40.4 Å². The lowest BCUT2D eigenvalue weighted by Crippen LogP contribution is -2.27. The third-order valence-electron chi connectivity index (χ3n) is 3.57. The van der Waals surface area contributed by atoms with Crippen LogP contribution >= 0.6 is 11.6 Å². The van der Waals surface area contributed by atoms with Gasteiger partial charge in [0.2, 0.25) is 0 Å². The van der Waals surface area contributed by atoms with Gasteiger partial charge in [0.15, 0.2) is 0 Å². The minimum atomic E-state index is -0.904. The number of fused-ring (bicyclic) bond motifs is 1. The smallest absolute Gasteiger partial charge is 0.261 e. The van der Waals surface area contributed by atoms with E-state index in [1.807, 2.05) is 25.1 Å². The van der Waals surface area contributed by atoms with Gasteiger partial charge >= 0.3 is 0 Å². The van der Waals surface area contributed by atoms with Crippen LogP contribution in [0.15, 0.2) is 29.1 Å². The Morgan fingerprint density at radius 3 is 2.62 bits per heavy atom. The fourth-order valence-corrected chi connectivity index (χ4v) is 2.79. The second kappa shape index (κ2) is 6.71. The maximum atomic E-state index is 12.6. The molecule has 1 heterocycles. The quantitative estimate of drug-likeness (QED) is 0.794. The fourth-order valence-electron chi connectivity index (χ4n) is 2.18. The van der Waals surface area contributed by atoms with E-state index in [1.54, 1.807) is 23.8 Å². The van der Waals surface area contributed by atoms with Crippen LogP contribution in [0.1, 0.15) is 31.5 Å². The molecule has 0 radical (unpaired) electrons. The van der Waals surface area contributed by atoms with E-state index in [1.165, 1.54) is 0 Å². The molecule has 3 unspecified atom stereocenters. The highest BCUT2D eigenvalue weighted by molar-refractivity contribution is 7.84. The van der Waals surface area contributed by atoms with E-state index in [2.05, 4.69) is 4.98 Å². The number of alkyl halides is 1. The molecular weight excluding hydrogens is 308 g/mol. The number of halogens is 1. The van der Waals surface area contributed by atoms with Crippen molar-refractivity contribution in [2.45, 2.75) is 37.4 Å². The van der Waals surface area contributed by atoms with Gasteiger partial charge in [0.05, 0.1) is 16.3 Å². The summed E-state index contributed by atoms with van der Waals surface area (Å²) in [5.41, 5.74) is 0.575. The van der Waals surface area contributed by atoms with Gasteiger partial charge < -0.3 is 0 Å². The molecule has 0 aliphatic rings. The topological polar surface area (TPSA) is 52.0 Å². The number of hydrogen-bond acceptors (Lipinski definition) is 3. The molecular formula is C15H19ClN2O2S. The molecule has 4 nitrogen and oxygen atoms in total. The summed E-state index contributed by atoms with van der Waals surface area (Å²) >= 11 is 6.18. The van der Waals surface area contributed by atoms with Crippen molar-refractivity contribution in [1.29, 1.82) is 0 Å². The summed E-state index contributed by atoms with van der Waals surface area (Å²) in [6.45, 7) is 4.19. The van der Waals surface area contributed by atoms with Gasteiger partial charge in [-0.25, -0.2) is 4.98 Å². The molecule has 0 saturated heterocycles. The molecule has 0 fully saturated rings. The molecule has 1 aromatic carbocycles. The van der Waals surface area contributed by atoms with Crippen LogP contribution in [0.3, 0.4) is 0 Å². The summed E-state index contributed by atoms with van der Waals surface area (Å²) in [5.74, 6) is 0.564. The Hall–Kier alpha value is -1.20. The van der Waals surface area contributed by atoms with Crippen molar-refractivity contribution < 1.29 is 4.21 Å². The van der Waals surface area contributed by atoms with Gasteiger partial charge in [-0.1, -0.05) is 19.1 Å². The summed E-state index contributed by atoms with van der Waals surface area (Å²) in [6, 6.07) is 7.26. The lowest BCUT2D eigenvalue weighted by atomic mass is 10.2. The van der Waals surface area contributed by atoms with Gasteiger partial charge in [0, 0.05) is 28.9 Å². The van der Waals surface area contributed by atoms with E-state index >= 15 is 0 Å². The van der Waals surface area contributed by atoms with E-state index in [9.17, 15) is 9.00 Å². The Bertz CT molecular complexity index is 727. The molecule has 21 heavy (non-hydrogen) atoms. The molecule has 0 N–H and O–H groups in total. The molecule has 114 valence electrons. The molecule has 2 aromatic rings.